The molecule has 150 valence electrons. The van der Waals surface area contributed by atoms with Crippen LogP contribution in [0, 0.1) is 0 Å². The van der Waals surface area contributed by atoms with E-state index in [-0.39, 0.29) is 12.1 Å². The lowest BCUT2D eigenvalue weighted by atomic mass is 10.0. The van der Waals surface area contributed by atoms with Crippen LogP contribution in [0.2, 0.25) is 0 Å². The van der Waals surface area contributed by atoms with Crippen molar-refractivity contribution in [1.29, 1.82) is 0 Å². The van der Waals surface area contributed by atoms with Crippen molar-refractivity contribution in [2.75, 3.05) is 0 Å². The van der Waals surface area contributed by atoms with Crippen LogP contribution in [0.5, 0.6) is 0 Å². The molecule has 0 bridgehead atoms. The van der Waals surface area contributed by atoms with Crippen molar-refractivity contribution in [2.45, 2.75) is 12.5 Å². The Kier molecular flexibility index (Phi) is 5.08. The summed E-state index contributed by atoms with van der Waals surface area (Å²) in [4.78, 5) is 40.8. The van der Waals surface area contributed by atoms with Crippen LogP contribution < -0.4 is 11.1 Å². The summed E-state index contributed by atoms with van der Waals surface area (Å²) in [5.41, 5.74) is 6.94. The van der Waals surface area contributed by atoms with Crippen LogP contribution in [-0.2, 0) is 16.0 Å². The second-order valence-electron chi connectivity index (χ2n) is 6.69. The number of H-pyrrole nitrogens is 1. The number of nitrogens with zero attached hydrogens (tertiary/aromatic N) is 3. The highest BCUT2D eigenvalue weighted by atomic mass is 16.2. The molecule has 1 atom stereocenters. The number of carbonyl (C=O) groups excluding carboxylic acids is 3. The van der Waals surface area contributed by atoms with E-state index in [2.05, 4.69) is 20.5 Å². The zero-order valence-corrected chi connectivity index (χ0v) is 15.8. The van der Waals surface area contributed by atoms with E-state index in [4.69, 9.17) is 5.73 Å². The summed E-state index contributed by atoms with van der Waals surface area (Å²) in [6.45, 7) is 0. The Labute approximate surface area is 170 Å². The van der Waals surface area contributed by atoms with Gasteiger partial charge in [-0.1, -0.05) is 42.5 Å². The summed E-state index contributed by atoms with van der Waals surface area (Å²) < 4.78 is 1.52. The quantitative estimate of drug-likeness (QED) is 0.398. The van der Waals surface area contributed by atoms with Crippen LogP contribution in [0.4, 0.5) is 0 Å². The Bertz CT molecular complexity index is 1230. The van der Waals surface area contributed by atoms with Crippen LogP contribution in [-0.4, -0.2) is 43.4 Å². The Morgan fingerprint density at radius 1 is 1.07 bits per heavy atom. The van der Waals surface area contributed by atoms with Crippen LogP contribution in [0.15, 0.2) is 67.1 Å². The van der Waals surface area contributed by atoms with Gasteiger partial charge in [0.05, 0.1) is 11.7 Å². The number of rotatable bonds is 7. The lowest BCUT2D eigenvalue weighted by molar-refractivity contribution is -0.137. The smallest absolute Gasteiger partial charge is 0.287 e. The van der Waals surface area contributed by atoms with Crippen molar-refractivity contribution in [3.63, 3.8) is 0 Å². The third-order valence-electron chi connectivity index (χ3n) is 4.70. The van der Waals surface area contributed by atoms with E-state index >= 15 is 0 Å². The van der Waals surface area contributed by atoms with Crippen molar-refractivity contribution in [3.05, 3.63) is 78.4 Å². The van der Waals surface area contributed by atoms with Crippen LogP contribution >= 0.6 is 0 Å². The van der Waals surface area contributed by atoms with Gasteiger partial charge < -0.3 is 11.1 Å². The van der Waals surface area contributed by atoms with Gasteiger partial charge in [0.2, 0.25) is 5.78 Å². The molecule has 2 amide bonds. The average molecular weight is 402 g/mol. The molecular formula is C21H18N6O3. The second-order valence-corrected chi connectivity index (χ2v) is 6.69. The molecule has 1 unspecified atom stereocenters. The topological polar surface area (TPSA) is 136 Å². The third kappa shape index (κ3) is 3.68. The fraction of sp³-hybridized carbons (Fsp3) is 0.0952. The molecule has 2 aromatic carbocycles. The Morgan fingerprint density at radius 2 is 1.80 bits per heavy atom. The minimum absolute atomic E-state index is 0.133. The van der Waals surface area contributed by atoms with Gasteiger partial charge in [0, 0.05) is 11.8 Å². The number of aromatic nitrogens is 4. The van der Waals surface area contributed by atoms with E-state index in [1.54, 1.807) is 24.3 Å². The fourth-order valence-corrected chi connectivity index (χ4v) is 3.23. The number of aromatic amines is 1. The number of hydrogen-bond donors (Lipinski definition) is 3. The first kappa shape index (κ1) is 19.1. The first-order chi connectivity index (χ1) is 14.5. The van der Waals surface area contributed by atoms with E-state index < -0.39 is 23.6 Å². The van der Waals surface area contributed by atoms with Crippen molar-refractivity contribution >= 4 is 28.5 Å². The van der Waals surface area contributed by atoms with Crippen molar-refractivity contribution in [1.82, 2.24) is 25.1 Å². The Hall–Kier alpha value is -4.27. The van der Waals surface area contributed by atoms with Crippen molar-refractivity contribution in [2.24, 2.45) is 5.73 Å². The van der Waals surface area contributed by atoms with Crippen LogP contribution in [0.1, 0.15) is 16.1 Å². The van der Waals surface area contributed by atoms with E-state index in [1.807, 2.05) is 30.3 Å². The highest BCUT2D eigenvalue weighted by Crippen LogP contribution is 2.20. The maximum Gasteiger partial charge on any atom is 0.287 e. The standard InChI is InChI=1S/C21H18N6O3/c22-19(29)18(28)16(10-13-6-2-1-3-7-13)24-21(30)17-11-23-12-27(17)20-14-8-4-5-9-15(14)25-26-20/h1-9,11-12,16H,10H2,(H2,22,29)(H,24,30)(H,25,26). The number of hydrogen-bond acceptors (Lipinski definition) is 5. The molecule has 0 saturated heterocycles. The van der Waals surface area contributed by atoms with Gasteiger partial charge in [-0.15, -0.1) is 0 Å². The number of Topliss-reactive ketones (excluding diaryl/α,β-unsaturated/α-hetero) is 1. The molecule has 9 nitrogen and oxygen atoms in total. The molecule has 30 heavy (non-hydrogen) atoms. The summed E-state index contributed by atoms with van der Waals surface area (Å²) in [6.07, 6.45) is 2.96. The highest BCUT2D eigenvalue weighted by Gasteiger charge is 2.27. The summed E-state index contributed by atoms with van der Waals surface area (Å²) in [6, 6.07) is 15.4. The van der Waals surface area contributed by atoms with Crippen LogP contribution in [0.3, 0.4) is 0 Å². The molecule has 0 radical (unpaired) electrons. The first-order valence-electron chi connectivity index (χ1n) is 9.19. The zero-order chi connectivity index (χ0) is 21.1. The van der Waals surface area contributed by atoms with Crippen molar-refractivity contribution < 1.29 is 14.4 Å². The molecule has 0 saturated carbocycles. The number of nitrogens with one attached hydrogen (secondary N) is 2. The van der Waals surface area contributed by atoms with Gasteiger partial charge in [0.25, 0.3) is 11.8 Å². The zero-order valence-electron chi connectivity index (χ0n) is 15.8. The number of para-hydroxylation sites is 1. The van der Waals surface area contributed by atoms with Gasteiger partial charge in [0.1, 0.15) is 18.1 Å². The second kappa shape index (κ2) is 8.00. The minimum atomic E-state index is -1.11. The van der Waals surface area contributed by atoms with Gasteiger partial charge in [0.15, 0.2) is 5.82 Å². The fourth-order valence-electron chi connectivity index (χ4n) is 3.23. The maximum atomic E-state index is 13.0. The Balaban J connectivity index is 1.63. The minimum Gasteiger partial charge on any atom is -0.363 e. The molecule has 0 spiro atoms. The van der Waals surface area contributed by atoms with Gasteiger partial charge in [-0.05, 0) is 17.7 Å². The number of amides is 2. The molecule has 4 N–H and O–H groups in total. The third-order valence-corrected chi connectivity index (χ3v) is 4.70. The number of nitrogens with two attached hydrogens (primary N) is 1. The molecule has 0 fully saturated rings. The summed E-state index contributed by atoms with van der Waals surface area (Å²) in [5, 5.41) is 10.6. The first-order valence-corrected chi connectivity index (χ1v) is 9.19. The molecule has 4 aromatic rings. The molecule has 0 aliphatic heterocycles. The lowest BCUT2D eigenvalue weighted by Crippen LogP contribution is -2.47. The van der Waals surface area contributed by atoms with Crippen molar-refractivity contribution in [3.8, 4) is 5.82 Å². The molecule has 0 aliphatic carbocycles. The largest absolute Gasteiger partial charge is 0.363 e. The van der Waals surface area contributed by atoms with E-state index in [0.717, 1.165) is 16.5 Å². The van der Waals surface area contributed by atoms with Gasteiger partial charge in [-0.2, -0.15) is 5.10 Å². The monoisotopic (exact) mass is 402 g/mol. The van der Waals surface area contributed by atoms with E-state index in [0.29, 0.717) is 5.82 Å². The molecule has 9 heteroatoms. The number of benzene rings is 2. The number of imidazole rings is 1. The van der Waals surface area contributed by atoms with Crippen LogP contribution in [0.25, 0.3) is 16.7 Å². The normalized spacial score (nSPS) is 11.9. The maximum absolute atomic E-state index is 13.0. The highest BCUT2D eigenvalue weighted by molar-refractivity contribution is 6.38. The summed E-state index contributed by atoms with van der Waals surface area (Å²) in [5.74, 6) is -2.06. The molecule has 4 rings (SSSR count). The molecular weight excluding hydrogens is 384 g/mol. The Morgan fingerprint density at radius 3 is 2.57 bits per heavy atom. The van der Waals surface area contributed by atoms with Gasteiger partial charge in [-0.25, -0.2) is 4.98 Å². The van der Waals surface area contributed by atoms with E-state index in [9.17, 15) is 14.4 Å². The summed E-state index contributed by atoms with van der Waals surface area (Å²) in [7, 11) is 0. The predicted molar refractivity (Wildman–Crippen MR) is 109 cm³/mol. The summed E-state index contributed by atoms with van der Waals surface area (Å²) >= 11 is 0. The van der Waals surface area contributed by atoms with Gasteiger partial charge in [-0.3, -0.25) is 24.0 Å². The molecule has 2 aromatic heterocycles. The number of ketones is 1. The number of fused-ring (bicyclic) bond motifs is 1. The van der Waals surface area contributed by atoms with Gasteiger partial charge >= 0.3 is 0 Å². The molecule has 0 aliphatic rings. The van der Waals surface area contributed by atoms with E-state index in [1.165, 1.54) is 17.1 Å². The predicted octanol–water partition coefficient (Wildman–Crippen LogP) is 1.14. The molecule has 2 heterocycles. The SMILES string of the molecule is NC(=O)C(=O)C(Cc1ccccc1)NC(=O)c1cncn1-c1n[nH]c2ccccc12. The average Bonchev–Trinajstić information content (AvgIpc) is 3.40. The number of primary amides is 1. The number of carbonyl (C=O) groups is 3. The lowest BCUT2D eigenvalue weighted by Gasteiger charge is -2.16.